The summed E-state index contributed by atoms with van der Waals surface area (Å²) in [6.45, 7) is 0. The van der Waals surface area contributed by atoms with Crippen LogP contribution in [0.3, 0.4) is 0 Å². The van der Waals surface area contributed by atoms with E-state index >= 15 is 0 Å². The molecule has 2 aromatic heterocycles. The van der Waals surface area contributed by atoms with Gasteiger partial charge in [0.25, 0.3) is 0 Å². The van der Waals surface area contributed by atoms with Crippen LogP contribution in [0.5, 0.6) is 0 Å². The van der Waals surface area contributed by atoms with Gasteiger partial charge in [-0.05, 0) is 22.6 Å². The molecule has 7 heteroatoms. The number of halogens is 1. The zero-order valence-corrected chi connectivity index (χ0v) is 8.13. The number of nitrogens with two attached hydrogens (primary N) is 1. The lowest BCUT2D eigenvalue weighted by atomic mass is 10.4. The van der Waals surface area contributed by atoms with E-state index in [1.54, 1.807) is 0 Å². The molecule has 0 radical (unpaired) electrons. The summed E-state index contributed by atoms with van der Waals surface area (Å²) in [5.41, 5.74) is 6.88. The molecule has 11 heavy (non-hydrogen) atoms. The first-order valence-corrected chi connectivity index (χ1v) is 4.50. The second kappa shape index (κ2) is 2.48. The Morgan fingerprint density at radius 2 is 1.91 bits per heavy atom. The second-order valence-corrected chi connectivity index (χ2v) is 3.39. The Hall–Kier alpha value is -0.570. The Morgan fingerprint density at radius 3 is 2.64 bits per heavy atom. The summed E-state index contributed by atoms with van der Waals surface area (Å²) in [4.78, 5) is 0. The fraction of sp³-hybridized carbons (Fsp3) is 0. The van der Waals surface area contributed by atoms with Crippen molar-refractivity contribution >= 4 is 51.2 Å². The van der Waals surface area contributed by atoms with Crippen molar-refractivity contribution < 1.29 is 0 Å². The summed E-state index contributed by atoms with van der Waals surface area (Å²) >= 11 is 3.16. The van der Waals surface area contributed by atoms with Crippen LogP contribution in [0.1, 0.15) is 0 Å². The van der Waals surface area contributed by atoms with E-state index in [2.05, 4.69) is 18.9 Å². The van der Waals surface area contributed by atoms with Crippen molar-refractivity contribution in [2.24, 2.45) is 0 Å². The third-order valence-electron chi connectivity index (χ3n) is 1.17. The number of anilines is 1. The van der Waals surface area contributed by atoms with Crippen molar-refractivity contribution in [3.63, 3.8) is 0 Å². The highest BCUT2D eigenvalue weighted by Crippen LogP contribution is 2.18. The largest absolute Gasteiger partial charge is 0.380 e. The summed E-state index contributed by atoms with van der Waals surface area (Å²) in [7, 11) is 0. The van der Waals surface area contributed by atoms with Gasteiger partial charge < -0.3 is 5.73 Å². The summed E-state index contributed by atoms with van der Waals surface area (Å²) < 4.78 is 8.73. The fourth-order valence-electron chi connectivity index (χ4n) is 0.684. The molecule has 2 aromatic rings. The molecule has 0 aliphatic heterocycles. The highest BCUT2D eigenvalue weighted by Gasteiger charge is 2.07. The molecule has 0 atom stereocenters. The van der Waals surface area contributed by atoms with E-state index in [9.17, 15) is 0 Å². The molecule has 0 spiro atoms. The molecule has 0 fully saturated rings. The molecule has 5 nitrogen and oxygen atoms in total. The first-order chi connectivity index (χ1) is 5.29. The molecule has 0 aliphatic carbocycles. The van der Waals surface area contributed by atoms with Crippen LogP contribution in [-0.4, -0.2) is 18.9 Å². The molecule has 0 aliphatic rings. The van der Waals surface area contributed by atoms with Crippen molar-refractivity contribution in [1.29, 1.82) is 0 Å². The van der Waals surface area contributed by atoms with E-state index in [4.69, 9.17) is 5.73 Å². The lowest BCUT2D eigenvalue weighted by Gasteiger charge is -1.91. The third kappa shape index (κ3) is 1.03. The normalized spacial score (nSPS) is 10.6. The first-order valence-electron chi connectivity index (χ1n) is 2.69. The van der Waals surface area contributed by atoms with Crippen molar-refractivity contribution in [3.05, 3.63) is 3.70 Å². The summed E-state index contributed by atoms with van der Waals surface area (Å²) in [5, 5.41) is 7.50. The van der Waals surface area contributed by atoms with E-state index in [0.717, 1.165) is 20.9 Å². The van der Waals surface area contributed by atoms with Crippen molar-refractivity contribution in [2.45, 2.75) is 0 Å². The minimum absolute atomic E-state index is 0.342. The van der Waals surface area contributed by atoms with Gasteiger partial charge in [0.1, 0.15) is 5.52 Å². The molecule has 2 rings (SSSR count). The quantitative estimate of drug-likeness (QED) is 0.717. The molecule has 0 aromatic carbocycles. The average molecular weight is 279 g/mol. The van der Waals surface area contributed by atoms with E-state index in [-0.39, 0.29) is 0 Å². The molecular formula is C4H2IN5S. The van der Waals surface area contributed by atoms with Crippen LogP contribution in [0.25, 0.3) is 11.0 Å². The highest BCUT2D eigenvalue weighted by atomic mass is 127. The van der Waals surface area contributed by atoms with Crippen molar-refractivity contribution in [1.82, 2.24) is 18.9 Å². The summed E-state index contributed by atoms with van der Waals surface area (Å²) in [6.07, 6.45) is 0. The van der Waals surface area contributed by atoms with Gasteiger partial charge in [-0.15, -0.1) is 10.2 Å². The topological polar surface area (TPSA) is 77.6 Å². The molecule has 0 saturated heterocycles. The van der Waals surface area contributed by atoms with E-state index in [1.807, 2.05) is 22.6 Å². The average Bonchev–Trinajstić information content (AvgIpc) is 2.45. The second-order valence-electron chi connectivity index (χ2n) is 1.84. The van der Waals surface area contributed by atoms with Crippen LogP contribution in [0.2, 0.25) is 0 Å². The van der Waals surface area contributed by atoms with Gasteiger partial charge in [0.05, 0.1) is 11.7 Å². The third-order valence-corrected chi connectivity index (χ3v) is 2.43. The van der Waals surface area contributed by atoms with E-state index in [0.29, 0.717) is 11.3 Å². The Balaban J connectivity index is 2.96. The van der Waals surface area contributed by atoms with Crippen LogP contribution >= 0.6 is 34.3 Å². The maximum Gasteiger partial charge on any atom is 0.175 e. The predicted octanol–water partition coefficient (Wildman–Crippen LogP) is 0.668. The van der Waals surface area contributed by atoms with Gasteiger partial charge in [-0.25, -0.2) is 0 Å². The van der Waals surface area contributed by atoms with Crippen LogP contribution < -0.4 is 5.73 Å². The highest BCUT2D eigenvalue weighted by molar-refractivity contribution is 14.1. The van der Waals surface area contributed by atoms with Gasteiger partial charge in [0, 0.05) is 0 Å². The van der Waals surface area contributed by atoms with E-state index < -0.39 is 0 Å². The Bertz CT molecular complexity index is 362. The van der Waals surface area contributed by atoms with Gasteiger partial charge in [-0.1, -0.05) is 0 Å². The Morgan fingerprint density at radius 1 is 1.18 bits per heavy atom. The van der Waals surface area contributed by atoms with Gasteiger partial charge in [0.2, 0.25) is 0 Å². The molecule has 2 heterocycles. The zero-order valence-electron chi connectivity index (χ0n) is 5.15. The number of rotatable bonds is 0. The lowest BCUT2D eigenvalue weighted by Crippen LogP contribution is -1.96. The minimum atomic E-state index is 0.342. The monoisotopic (exact) mass is 279 g/mol. The smallest absolute Gasteiger partial charge is 0.175 e. The molecule has 0 amide bonds. The SMILES string of the molecule is Nc1nnc(I)c2nsnc12. The maximum atomic E-state index is 5.50. The van der Waals surface area contributed by atoms with Crippen LogP contribution in [0.15, 0.2) is 0 Å². The first kappa shape index (κ1) is 7.10. The minimum Gasteiger partial charge on any atom is -0.380 e. The molecule has 2 N–H and O–H groups in total. The fourth-order valence-corrected chi connectivity index (χ4v) is 1.89. The number of fused-ring (bicyclic) bond motifs is 1. The van der Waals surface area contributed by atoms with Crippen LogP contribution in [-0.2, 0) is 0 Å². The van der Waals surface area contributed by atoms with Gasteiger partial charge in [-0.2, -0.15) is 8.75 Å². The van der Waals surface area contributed by atoms with E-state index in [1.165, 1.54) is 0 Å². The summed E-state index contributed by atoms with van der Waals surface area (Å²) in [5.74, 6) is 0.342. The number of hydrogen-bond acceptors (Lipinski definition) is 6. The number of nitrogen functional groups attached to an aromatic ring is 1. The van der Waals surface area contributed by atoms with Crippen molar-refractivity contribution in [3.8, 4) is 0 Å². The molecular weight excluding hydrogens is 277 g/mol. The molecule has 0 bridgehead atoms. The maximum absolute atomic E-state index is 5.50. The number of hydrogen-bond donors (Lipinski definition) is 1. The Kier molecular flexibility index (Phi) is 1.60. The van der Waals surface area contributed by atoms with Crippen LogP contribution in [0, 0.1) is 3.70 Å². The van der Waals surface area contributed by atoms with Gasteiger partial charge in [0.15, 0.2) is 15.0 Å². The number of aromatic nitrogens is 4. The molecule has 0 unspecified atom stereocenters. The molecule has 56 valence electrons. The zero-order chi connectivity index (χ0) is 7.84. The lowest BCUT2D eigenvalue weighted by molar-refractivity contribution is 1.03. The molecule has 0 saturated carbocycles. The predicted molar refractivity (Wildman–Crippen MR) is 50.1 cm³/mol. The van der Waals surface area contributed by atoms with Gasteiger partial charge in [-0.3, -0.25) is 0 Å². The Labute approximate surface area is 79.5 Å². The van der Waals surface area contributed by atoms with Crippen molar-refractivity contribution in [2.75, 3.05) is 5.73 Å². The van der Waals surface area contributed by atoms with Gasteiger partial charge >= 0.3 is 0 Å². The van der Waals surface area contributed by atoms with Crippen LogP contribution in [0.4, 0.5) is 5.82 Å². The summed E-state index contributed by atoms with van der Waals surface area (Å²) in [6, 6.07) is 0. The number of nitrogens with zero attached hydrogens (tertiary/aromatic N) is 4. The standard InChI is InChI=1S/C4H2IN5S/c5-3-1-2(10-11-9-1)4(6)8-7-3/h(H2,6,8).